The highest BCUT2D eigenvalue weighted by atomic mass is 16.5. The molecule has 0 aromatic heterocycles. The summed E-state index contributed by atoms with van der Waals surface area (Å²) in [6.07, 6.45) is 5.47. The van der Waals surface area contributed by atoms with Gasteiger partial charge in [0.1, 0.15) is 0 Å². The van der Waals surface area contributed by atoms with Crippen LogP contribution in [0.25, 0.3) is 0 Å². The summed E-state index contributed by atoms with van der Waals surface area (Å²) in [6, 6.07) is 9.01. The van der Waals surface area contributed by atoms with Crippen molar-refractivity contribution in [2.75, 3.05) is 39.4 Å². The zero-order chi connectivity index (χ0) is 17.3. The Balaban J connectivity index is 1.61. The van der Waals surface area contributed by atoms with E-state index in [1.165, 1.54) is 36.9 Å². The normalized spacial score (nSPS) is 26.9. The Hall–Kier alpha value is -1.39. The number of hydrogen-bond donors (Lipinski definition) is 0. The van der Waals surface area contributed by atoms with Crippen LogP contribution in [-0.4, -0.2) is 61.1 Å². The van der Waals surface area contributed by atoms with E-state index in [0.29, 0.717) is 25.2 Å². The van der Waals surface area contributed by atoms with Crippen molar-refractivity contribution in [1.82, 2.24) is 9.80 Å². The minimum Gasteiger partial charge on any atom is -0.381 e. The summed E-state index contributed by atoms with van der Waals surface area (Å²) in [6.45, 7) is 7.54. The molecular formula is C21H30N2O2. The van der Waals surface area contributed by atoms with Gasteiger partial charge in [-0.1, -0.05) is 30.7 Å². The molecule has 4 rings (SSSR count). The molecule has 3 aliphatic rings. The van der Waals surface area contributed by atoms with Crippen molar-refractivity contribution in [2.45, 2.75) is 50.5 Å². The Kier molecular flexibility index (Phi) is 4.83. The van der Waals surface area contributed by atoms with Crippen LogP contribution in [0.3, 0.4) is 0 Å². The van der Waals surface area contributed by atoms with E-state index in [4.69, 9.17) is 4.74 Å². The van der Waals surface area contributed by atoms with Gasteiger partial charge in [-0.15, -0.1) is 0 Å². The number of amides is 1. The smallest absolute Gasteiger partial charge is 0.233 e. The van der Waals surface area contributed by atoms with E-state index in [0.717, 1.165) is 32.5 Å². The molecule has 3 aliphatic heterocycles. The number of fused-ring (bicyclic) bond motifs is 1. The third-order valence-electron chi connectivity index (χ3n) is 6.54. The lowest BCUT2D eigenvalue weighted by atomic mass is 9.71. The second-order valence-electron chi connectivity index (χ2n) is 7.95. The summed E-state index contributed by atoms with van der Waals surface area (Å²) in [7, 11) is 0. The quantitative estimate of drug-likeness (QED) is 0.828. The Morgan fingerprint density at radius 3 is 2.72 bits per heavy atom. The van der Waals surface area contributed by atoms with Crippen molar-refractivity contribution in [2.24, 2.45) is 0 Å². The zero-order valence-electron chi connectivity index (χ0n) is 15.4. The van der Waals surface area contributed by atoms with Crippen molar-refractivity contribution in [3.63, 3.8) is 0 Å². The van der Waals surface area contributed by atoms with Crippen molar-refractivity contribution in [3.8, 4) is 0 Å². The fraction of sp³-hybridized carbons (Fsp3) is 0.667. The molecule has 1 aromatic carbocycles. The number of hydrogen-bond acceptors (Lipinski definition) is 3. The third kappa shape index (κ3) is 3.11. The van der Waals surface area contributed by atoms with E-state index in [1.807, 2.05) is 0 Å². The molecule has 1 aromatic rings. The maximum Gasteiger partial charge on any atom is 0.233 e. The van der Waals surface area contributed by atoms with E-state index in [9.17, 15) is 4.79 Å². The number of carbonyl (C=O) groups excluding carboxylic acids is 1. The molecule has 4 heteroatoms. The summed E-state index contributed by atoms with van der Waals surface area (Å²) in [5.41, 5.74) is 2.06. The standard InChI is InChI=1S/C21H30N2O2/c1-17-6-2-3-8-19(17)21(9-14-25-15-10-21)20(24)23-13-12-22-11-5-4-7-18(22)16-23/h2-3,6,8,18H,4-5,7,9-16H2,1H3/t18-/m0/s1. The highest BCUT2D eigenvalue weighted by molar-refractivity contribution is 5.89. The molecule has 3 heterocycles. The molecule has 1 amide bonds. The minimum absolute atomic E-state index is 0.343. The van der Waals surface area contributed by atoms with Crippen molar-refractivity contribution in [3.05, 3.63) is 35.4 Å². The maximum absolute atomic E-state index is 13.8. The number of piperazine rings is 1. The van der Waals surface area contributed by atoms with Crippen molar-refractivity contribution >= 4 is 5.91 Å². The zero-order valence-corrected chi connectivity index (χ0v) is 15.4. The van der Waals surface area contributed by atoms with Gasteiger partial charge in [0, 0.05) is 38.9 Å². The Bertz CT molecular complexity index is 624. The van der Waals surface area contributed by atoms with E-state index < -0.39 is 0 Å². The van der Waals surface area contributed by atoms with Gasteiger partial charge in [-0.25, -0.2) is 0 Å². The Labute approximate surface area is 151 Å². The summed E-state index contributed by atoms with van der Waals surface area (Å²) in [4.78, 5) is 18.5. The van der Waals surface area contributed by atoms with Crippen LogP contribution in [0.15, 0.2) is 24.3 Å². The predicted molar refractivity (Wildman–Crippen MR) is 98.7 cm³/mol. The summed E-state index contributed by atoms with van der Waals surface area (Å²) in [5, 5.41) is 0. The lowest BCUT2D eigenvalue weighted by Crippen LogP contribution is -2.60. The minimum atomic E-state index is -0.388. The molecule has 25 heavy (non-hydrogen) atoms. The average molecular weight is 342 g/mol. The number of piperidine rings is 1. The predicted octanol–water partition coefficient (Wildman–Crippen LogP) is 2.74. The fourth-order valence-electron chi connectivity index (χ4n) is 5.07. The van der Waals surface area contributed by atoms with Gasteiger partial charge in [0.2, 0.25) is 5.91 Å². The highest BCUT2D eigenvalue weighted by Gasteiger charge is 2.46. The van der Waals surface area contributed by atoms with Gasteiger partial charge in [-0.3, -0.25) is 9.69 Å². The first kappa shape index (κ1) is 17.0. The molecule has 0 N–H and O–H groups in total. The van der Waals surface area contributed by atoms with Crippen molar-refractivity contribution < 1.29 is 9.53 Å². The highest BCUT2D eigenvalue weighted by Crippen LogP contribution is 2.39. The van der Waals surface area contributed by atoms with Crippen LogP contribution in [0.4, 0.5) is 0 Å². The SMILES string of the molecule is Cc1ccccc1C1(C(=O)N2CCN3CCCC[C@H]3C2)CCOCC1. The topological polar surface area (TPSA) is 32.8 Å². The van der Waals surface area contributed by atoms with E-state index >= 15 is 0 Å². The molecule has 0 bridgehead atoms. The van der Waals surface area contributed by atoms with Gasteiger partial charge in [0.05, 0.1) is 5.41 Å². The van der Waals surface area contributed by atoms with E-state index in [1.54, 1.807) is 0 Å². The molecule has 0 aliphatic carbocycles. The maximum atomic E-state index is 13.8. The number of carbonyl (C=O) groups is 1. The lowest BCUT2D eigenvalue weighted by Gasteiger charge is -2.47. The Morgan fingerprint density at radius 1 is 1.12 bits per heavy atom. The number of rotatable bonds is 2. The van der Waals surface area contributed by atoms with E-state index in [2.05, 4.69) is 41.0 Å². The van der Waals surface area contributed by atoms with Gasteiger partial charge < -0.3 is 9.64 Å². The largest absolute Gasteiger partial charge is 0.381 e. The van der Waals surface area contributed by atoms with Gasteiger partial charge in [-0.05, 0) is 50.3 Å². The van der Waals surface area contributed by atoms with Crippen LogP contribution >= 0.6 is 0 Å². The first-order valence-corrected chi connectivity index (χ1v) is 9.88. The van der Waals surface area contributed by atoms with Crippen LogP contribution in [0.5, 0.6) is 0 Å². The summed E-state index contributed by atoms with van der Waals surface area (Å²) in [5.74, 6) is 0.343. The molecule has 3 saturated heterocycles. The summed E-state index contributed by atoms with van der Waals surface area (Å²) >= 11 is 0. The monoisotopic (exact) mass is 342 g/mol. The molecule has 0 unspecified atom stereocenters. The van der Waals surface area contributed by atoms with Crippen LogP contribution in [-0.2, 0) is 14.9 Å². The number of benzene rings is 1. The summed E-state index contributed by atoms with van der Waals surface area (Å²) < 4.78 is 5.63. The molecule has 1 atom stereocenters. The van der Waals surface area contributed by atoms with Crippen LogP contribution < -0.4 is 0 Å². The first-order valence-electron chi connectivity index (χ1n) is 9.88. The van der Waals surface area contributed by atoms with Gasteiger partial charge in [0.15, 0.2) is 0 Å². The van der Waals surface area contributed by atoms with Crippen LogP contribution in [0.2, 0.25) is 0 Å². The first-order chi connectivity index (χ1) is 12.2. The van der Waals surface area contributed by atoms with Gasteiger partial charge in [0.25, 0.3) is 0 Å². The van der Waals surface area contributed by atoms with Crippen LogP contribution in [0, 0.1) is 6.92 Å². The van der Waals surface area contributed by atoms with Gasteiger partial charge >= 0.3 is 0 Å². The number of aryl methyl sites for hydroxylation is 1. The van der Waals surface area contributed by atoms with Gasteiger partial charge in [-0.2, -0.15) is 0 Å². The van der Waals surface area contributed by atoms with Crippen molar-refractivity contribution in [1.29, 1.82) is 0 Å². The molecule has 0 spiro atoms. The second kappa shape index (κ2) is 7.08. The molecular weight excluding hydrogens is 312 g/mol. The third-order valence-corrected chi connectivity index (χ3v) is 6.54. The molecule has 0 radical (unpaired) electrons. The molecule has 0 saturated carbocycles. The number of ether oxygens (including phenoxy) is 1. The molecule has 136 valence electrons. The number of nitrogens with zero attached hydrogens (tertiary/aromatic N) is 2. The second-order valence-corrected chi connectivity index (χ2v) is 7.95. The van der Waals surface area contributed by atoms with Crippen LogP contribution in [0.1, 0.15) is 43.2 Å². The Morgan fingerprint density at radius 2 is 1.92 bits per heavy atom. The van der Waals surface area contributed by atoms with E-state index in [-0.39, 0.29) is 5.41 Å². The lowest BCUT2D eigenvalue weighted by molar-refractivity contribution is -0.145. The fourth-order valence-corrected chi connectivity index (χ4v) is 5.07. The molecule has 4 nitrogen and oxygen atoms in total. The average Bonchev–Trinajstić information content (AvgIpc) is 2.68. The molecule has 3 fully saturated rings.